The Labute approximate surface area is 184 Å². The highest BCUT2D eigenvalue weighted by molar-refractivity contribution is 7.89. The Bertz CT molecular complexity index is 1050. The second-order valence-electron chi connectivity index (χ2n) is 6.56. The van der Waals surface area contributed by atoms with E-state index in [9.17, 15) is 18.0 Å². The predicted octanol–water partition coefficient (Wildman–Crippen LogP) is 3.44. The molecule has 160 valence electrons. The fourth-order valence-corrected chi connectivity index (χ4v) is 5.16. The molecular formula is C20H19Cl2NO6S. The summed E-state index contributed by atoms with van der Waals surface area (Å²) in [6, 6.07) is 10.6. The molecule has 0 bridgehead atoms. The van der Waals surface area contributed by atoms with Crippen molar-refractivity contribution >= 4 is 45.0 Å². The Morgan fingerprint density at radius 1 is 1.07 bits per heavy atom. The van der Waals surface area contributed by atoms with Crippen LogP contribution in [0.3, 0.4) is 0 Å². The number of rotatable bonds is 6. The van der Waals surface area contributed by atoms with Crippen molar-refractivity contribution in [1.82, 2.24) is 4.31 Å². The molecule has 0 spiro atoms. The molecule has 10 heteroatoms. The van der Waals surface area contributed by atoms with Crippen LogP contribution in [0.5, 0.6) is 0 Å². The third-order valence-corrected chi connectivity index (χ3v) is 7.22. The maximum atomic E-state index is 12.9. The van der Waals surface area contributed by atoms with Crippen LogP contribution in [0.25, 0.3) is 0 Å². The minimum absolute atomic E-state index is 0.0784. The first kappa shape index (κ1) is 22.7. The monoisotopic (exact) mass is 471 g/mol. The number of hydrogen-bond acceptors (Lipinski definition) is 6. The van der Waals surface area contributed by atoms with E-state index in [0.29, 0.717) is 5.56 Å². The van der Waals surface area contributed by atoms with Gasteiger partial charge in [-0.2, -0.15) is 4.31 Å². The molecule has 0 radical (unpaired) electrons. The van der Waals surface area contributed by atoms with Crippen LogP contribution >= 0.6 is 23.2 Å². The highest BCUT2D eigenvalue weighted by Crippen LogP contribution is 2.31. The fraction of sp³-hybridized carbons (Fsp3) is 0.300. The van der Waals surface area contributed by atoms with Crippen molar-refractivity contribution in [1.29, 1.82) is 0 Å². The summed E-state index contributed by atoms with van der Waals surface area (Å²) in [6.07, 6.45) is -1.09. The molecule has 1 heterocycles. The number of esters is 1. The summed E-state index contributed by atoms with van der Waals surface area (Å²) < 4.78 is 37.5. The van der Waals surface area contributed by atoms with Crippen LogP contribution in [0.2, 0.25) is 10.0 Å². The van der Waals surface area contributed by atoms with Crippen molar-refractivity contribution in [2.24, 2.45) is 0 Å². The third-order valence-electron chi connectivity index (χ3n) is 4.54. The average Bonchev–Trinajstić information content (AvgIpc) is 2.74. The molecule has 2 aromatic carbocycles. The van der Waals surface area contributed by atoms with Crippen molar-refractivity contribution in [3.8, 4) is 0 Å². The van der Waals surface area contributed by atoms with Gasteiger partial charge in [0, 0.05) is 18.7 Å². The van der Waals surface area contributed by atoms with Crippen molar-refractivity contribution in [3.05, 3.63) is 63.6 Å². The van der Waals surface area contributed by atoms with E-state index in [1.807, 2.05) is 0 Å². The number of benzene rings is 2. The van der Waals surface area contributed by atoms with Gasteiger partial charge in [-0.25, -0.2) is 13.2 Å². The molecule has 0 N–H and O–H groups in total. The van der Waals surface area contributed by atoms with Crippen molar-refractivity contribution in [2.45, 2.75) is 17.9 Å². The Hall–Kier alpha value is -1.97. The summed E-state index contributed by atoms with van der Waals surface area (Å²) in [5.74, 6) is -1.32. The van der Waals surface area contributed by atoms with Gasteiger partial charge in [0.15, 0.2) is 6.10 Å². The lowest BCUT2D eigenvalue weighted by molar-refractivity contribution is 0.0318. The maximum Gasteiger partial charge on any atom is 0.340 e. The molecule has 1 fully saturated rings. The number of ether oxygens (including phenoxy) is 2. The highest BCUT2D eigenvalue weighted by Gasteiger charge is 2.31. The van der Waals surface area contributed by atoms with Gasteiger partial charge in [-0.15, -0.1) is 0 Å². The van der Waals surface area contributed by atoms with E-state index in [1.165, 1.54) is 17.3 Å². The van der Waals surface area contributed by atoms with Crippen LogP contribution in [0.15, 0.2) is 47.4 Å². The second kappa shape index (κ2) is 9.45. The van der Waals surface area contributed by atoms with E-state index in [4.69, 9.17) is 32.7 Å². The van der Waals surface area contributed by atoms with Gasteiger partial charge in [0.25, 0.3) is 0 Å². The minimum Gasteiger partial charge on any atom is -0.451 e. The molecule has 0 amide bonds. The van der Waals surface area contributed by atoms with E-state index < -0.39 is 27.9 Å². The Balaban J connectivity index is 1.86. The molecule has 1 unspecified atom stereocenters. The highest BCUT2D eigenvalue weighted by atomic mass is 35.5. The molecular weight excluding hydrogens is 453 g/mol. The molecule has 1 atom stereocenters. The zero-order valence-corrected chi connectivity index (χ0v) is 18.3. The molecule has 0 aliphatic carbocycles. The largest absolute Gasteiger partial charge is 0.451 e. The summed E-state index contributed by atoms with van der Waals surface area (Å²) in [5, 5.41) is -0.193. The normalized spacial score (nSPS) is 16.1. The molecule has 7 nitrogen and oxygen atoms in total. The van der Waals surface area contributed by atoms with E-state index in [0.717, 1.165) is 6.07 Å². The molecule has 2 aromatic rings. The number of ketones is 1. The number of sulfonamides is 1. The van der Waals surface area contributed by atoms with Crippen molar-refractivity contribution in [2.75, 3.05) is 26.3 Å². The topological polar surface area (TPSA) is 90.0 Å². The number of nitrogens with zero attached hydrogens (tertiary/aromatic N) is 1. The summed E-state index contributed by atoms with van der Waals surface area (Å²) in [4.78, 5) is 24.8. The molecule has 1 saturated heterocycles. The lowest BCUT2D eigenvalue weighted by Crippen LogP contribution is -2.40. The molecule has 30 heavy (non-hydrogen) atoms. The first-order valence-electron chi connectivity index (χ1n) is 9.09. The van der Waals surface area contributed by atoms with Crippen molar-refractivity contribution in [3.63, 3.8) is 0 Å². The fourth-order valence-electron chi connectivity index (χ4n) is 2.92. The number of carbonyl (C=O) groups excluding carboxylic acids is 2. The minimum atomic E-state index is -3.97. The molecule has 0 saturated carbocycles. The maximum absolute atomic E-state index is 12.9. The van der Waals surface area contributed by atoms with Crippen LogP contribution in [0.1, 0.15) is 27.6 Å². The van der Waals surface area contributed by atoms with E-state index in [2.05, 4.69) is 0 Å². The number of hydrogen-bond donors (Lipinski definition) is 0. The van der Waals surface area contributed by atoms with Crippen LogP contribution in [0, 0.1) is 0 Å². The summed E-state index contributed by atoms with van der Waals surface area (Å²) in [6.45, 7) is 2.30. The molecule has 1 aliphatic heterocycles. The SMILES string of the molecule is CC(OC(=O)c1cc(S(=O)(=O)N2CCOCC2)c(Cl)cc1Cl)C(=O)c1ccccc1. The van der Waals surface area contributed by atoms with Gasteiger partial charge in [-0.3, -0.25) is 4.79 Å². The van der Waals surface area contributed by atoms with Gasteiger partial charge in [0.2, 0.25) is 15.8 Å². The number of Topliss-reactive ketones (excluding diaryl/α,β-unsaturated/α-hetero) is 1. The number of carbonyl (C=O) groups is 2. The second-order valence-corrected chi connectivity index (χ2v) is 9.28. The smallest absolute Gasteiger partial charge is 0.340 e. The lowest BCUT2D eigenvalue weighted by Gasteiger charge is -2.26. The van der Waals surface area contributed by atoms with Gasteiger partial charge in [0.05, 0.1) is 28.8 Å². The summed E-state index contributed by atoms with van der Waals surface area (Å²) in [7, 11) is -3.97. The Morgan fingerprint density at radius 3 is 2.33 bits per heavy atom. The predicted molar refractivity (Wildman–Crippen MR) is 112 cm³/mol. The molecule has 1 aliphatic rings. The van der Waals surface area contributed by atoms with Crippen LogP contribution < -0.4 is 0 Å². The molecule has 0 aromatic heterocycles. The van der Waals surface area contributed by atoms with E-state index in [-0.39, 0.29) is 46.8 Å². The van der Waals surface area contributed by atoms with Gasteiger partial charge in [-0.1, -0.05) is 53.5 Å². The Morgan fingerprint density at radius 2 is 1.70 bits per heavy atom. The molecule has 3 rings (SSSR count). The van der Waals surface area contributed by atoms with Gasteiger partial charge in [0.1, 0.15) is 4.90 Å². The first-order chi connectivity index (χ1) is 14.2. The Kier molecular flexibility index (Phi) is 7.15. The third kappa shape index (κ3) is 4.84. The lowest BCUT2D eigenvalue weighted by atomic mass is 10.1. The van der Waals surface area contributed by atoms with Gasteiger partial charge < -0.3 is 9.47 Å². The van der Waals surface area contributed by atoms with Crippen LogP contribution in [-0.4, -0.2) is 56.9 Å². The number of halogens is 2. The van der Waals surface area contributed by atoms with Gasteiger partial charge in [-0.05, 0) is 19.1 Å². The summed E-state index contributed by atoms with van der Waals surface area (Å²) >= 11 is 12.2. The van der Waals surface area contributed by atoms with Crippen LogP contribution in [0.4, 0.5) is 0 Å². The zero-order valence-electron chi connectivity index (χ0n) is 16.0. The first-order valence-corrected chi connectivity index (χ1v) is 11.3. The van der Waals surface area contributed by atoms with Gasteiger partial charge >= 0.3 is 5.97 Å². The standard InChI is InChI=1S/C20H19Cl2NO6S/c1-13(19(24)14-5-3-2-4-6-14)29-20(25)15-11-18(17(22)12-16(15)21)30(26,27)23-7-9-28-10-8-23/h2-6,11-13H,7-10H2,1H3. The van der Waals surface area contributed by atoms with E-state index in [1.54, 1.807) is 30.3 Å². The van der Waals surface area contributed by atoms with Crippen molar-refractivity contribution < 1.29 is 27.5 Å². The average molecular weight is 472 g/mol. The quantitative estimate of drug-likeness (QED) is 0.473. The summed E-state index contributed by atoms with van der Waals surface area (Å²) in [5.41, 5.74) is 0.191. The number of morpholine rings is 1. The van der Waals surface area contributed by atoms with E-state index >= 15 is 0 Å². The van der Waals surface area contributed by atoms with Crippen LogP contribution in [-0.2, 0) is 19.5 Å². The zero-order chi connectivity index (χ0) is 21.9.